The van der Waals surface area contributed by atoms with E-state index in [9.17, 15) is 14.7 Å². The molecule has 0 radical (unpaired) electrons. The summed E-state index contributed by atoms with van der Waals surface area (Å²) in [6.45, 7) is 3.49. The molecule has 0 aliphatic carbocycles. The third kappa shape index (κ3) is 4.87. The summed E-state index contributed by atoms with van der Waals surface area (Å²) in [5.41, 5.74) is 2.08. The fourth-order valence-electron chi connectivity index (χ4n) is 5.31. The van der Waals surface area contributed by atoms with Crippen molar-refractivity contribution in [2.24, 2.45) is 5.92 Å². The maximum atomic E-state index is 13.8. The number of aromatic nitrogens is 3. The van der Waals surface area contributed by atoms with Crippen molar-refractivity contribution >= 4 is 23.2 Å². The average Bonchev–Trinajstić information content (AvgIpc) is 3.62. The summed E-state index contributed by atoms with van der Waals surface area (Å²) in [5, 5.41) is 28.9. The predicted octanol–water partition coefficient (Wildman–Crippen LogP) is 2.96. The SMILES string of the molecule is C[C@H](/C=C/CCn1cc(CCO)nn1)[C@@]1(O)C(=O)N(Cc2cccc(N3CCCC3=O)c2)c2ccccc21. The second-order valence-electron chi connectivity index (χ2n) is 9.95. The Kier molecular flexibility index (Phi) is 7.40. The first-order valence-corrected chi connectivity index (χ1v) is 13.1. The van der Waals surface area contributed by atoms with Gasteiger partial charge in [-0.15, -0.1) is 5.10 Å². The lowest BCUT2D eigenvalue weighted by Crippen LogP contribution is -2.44. The average molecular weight is 516 g/mol. The molecule has 1 saturated heterocycles. The fourth-order valence-corrected chi connectivity index (χ4v) is 5.31. The lowest BCUT2D eigenvalue weighted by Gasteiger charge is -2.28. The van der Waals surface area contributed by atoms with Crippen molar-refractivity contribution in [3.05, 3.63) is 83.7 Å². The van der Waals surface area contributed by atoms with Gasteiger partial charge in [-0.1, -0.05) is 54.6 Å². The number of fused-ring (bicyclic) bond motifs is 1. The van der Waals surface area contributed by atoms with Crippen molar-refractivity contribution in [1.82, 2.24) is 15.0 Å². The minimum absolute atomic E-state index is 0.0325. The zero-order valence-electron chi connectivity index (χ0n) is 21.5. The van der Waals surface area contributed by atoms with Gasteiger partial charge in [-0.05, 0) is 36.6 Å². The Balaban J connectivity index is 1.31. The van der Waals surface area contributed by atoms with Crippen molar-refractivity contribution < 1.29 is 19.8 Å². The maximum Gasteiger partial charge on any atom is 0.264 e. The van der Waals surface area contributed by atoms with Gasteiger partial charge in [0.25, 0.3) is 5.91 Å². The zero-order chi connectivity index (χ0) is 26.7. The fraction of sp³-hybridized carbons (Fsp3) is 0.379. The van der Waals surface area contributed by atoms with Gasteiger partial charge in [-0.3, -0.25) is 14.3 Å². The third-order valence-electron chi connectivity index (χ3n) is 7.38. The molecule has 0 bridgehead atoms. The topological polar surface area (TPSA) is 112 Å². The Morgan fingerprint density at radius 3 is 2.79 bits per heavy atom. The number of rotatable bonds is 10. The zero-order valence-corrected chi connectivity index (χ0v) is 21.5. The van der Waals surface area contributed by atoms with Crippen LogP contribution in [0.4, 0.5) is 11.4 Å². The molecule has 5 rings (SSSR count). The van der Waals surface area contributed by atoms with Crippen LogP contribution in [0.2, 0.25) is 0 Å². The number of para-hydroxylation sites is 1. The number of anilines is 2. The standard InChI is InChI=1S/C29H33N5O4/c1-21(8-4-5-15-32-20-23(14-17-35)30-31-32)29(38)25-11-2-3-12-26(25)34(28(29)37)19-22-9-6-10-24(18-22)33-16-7-13-27(33)36/h2-4,6,8-12,18,20-21,35,38H,5,7,13-17,19H2,1H3/b8-4+/t21-,29+/m1/s1. The van der Waals surface area contributed by atoms with Crippen molar-refractivity contribution in [3.63, 3.8) is 0 Å². The maximum absolute atomic E-state index is 13.8. The van der Waals surface area contributed by atoms with Crippen molar-refractivity contribution in [1.29, 1.82) is 0 Å². The molecule has 1 aromatic heterocycles. The number of carbonyl (C=O) groups is 2. The van der Waals surface area contributed by atoms with Gasteiger partial charge in [-0.25, -0.2) is 0 Å². The van der Waals surface area contributed by atoms with Crippen LogP contribution in [0.15, 0.2) is 66.9 Å². The largest absolute Gasteiger partial charge is 0.396 e. The van der Waals surface area contributed by atoms with E-state index < -0.39 is 11.5 Å². The highest BCUT2D eigenvalue weighted by Gasteiger charge is 2.52. The normalized spacial score (nSPS) is 20.1. The van der Waals surface area contributed by atoms with Gasteiger partial charge in [0, 0.05) is 55.9 Å². The number of carbonyl (C=O) groups excluding carboxylic acids is 2. The molecule has 0 unspecified atom stereocenters. The molecule has 0 spiro atoms. The first-order chi connectivity index (χ1) is 18.4. The smallest absolute Gasteiger partial charge is 0.264 e. The molecule has 198 valence electrons. The van der Waals surface area contributed by atoms with Crippen LogP contribution in [0, 0.1) is 5.92 Å². The molecule has 0 saturated carbocycles. The number of aliphatic hydroxyl groups is 2. The Bertz CT molecular complexity index is 1350. The summed E-state index contributed by atoms with van der Waals surface area (Å²) in [4.78, 5) is 29.4. The Morgan fingerprint density at radius 2 is 2.00 bits per heavy atom. The molecular formula is C29H33N5O4. The molecule has 2 N–H and O–H groups in total. The molecule has 2 atom stereocenters. The summed E-state index contributed by atoms with van der Waals surface area (Å²) in [6.07, 6.45) is 8.18. The van der Waals surface area contributed by atoms with Crippen molar-refractivity contribution in [2.45, 2.75) is 51.3 Å². The number of benzene rings is 2. The molecule has 9 nitrogen and oxygen atoms in total. The minimum atomic E-state index is -1.68. The predicted molar refractivity (Wildman–Crippen MR) is 143 cm³/mol. The molecule has 3 heterocycles. The van der Waals surface area contributed by atoms with E-state index in [4.69, 9.17) is 5.11 Å². The van der Waals surface area contributed by atoms with E-state index in [1.807, 2.05) is 73.8 Å². The Hall–Kier alpha value is -3.82. The van der Waals surface area contributed by atoms with Gasteiger partial charge in [0.15, 0.2) is 5.60 Å². The monoisotopic (exact) mass is 515 g/mol. The van der Waals surface area contributed by atoms with E-state index >= 15 is 0 Å². The first kappa shape index (κ1) is 25.8. The number of nitrogens with zero attached hydrogens (tertiary/aromatic N) is 5. The molecule has 2 amide bonds. The highest BCUT2D eigenvalue weighted by Crippen LogP contribution is 2.45. The number of aryl methyl sites for hydroxylation is 1. The van der Waals surface area contributed by atoms with Crippen molar-refractivity contribution in [2.75, 3.05) is 23.0 Å². The van der Waals surface area contributed by atoms with E-state index in [0.717, 1.165) is 23.4 Å². The van der Waals surface area contributed by atoms with Crippen LogP contribution in [0.5, 0.6) is 0 Å². The number of hydrogen-bond donors (Lipinski definition) is 2. The molecule has 9 heteroatoms. The quantitative estimate of drug-likeness (QED) is 0.402. The van der Waals surface area contributed by atoms with E-state index in [0.29, 0.717) is 50.1 Å². The second-order valence-corrected chi connectivity index (χ2v) is 9.95. The summed E-state index contributed by atoms with van der Waals surface area (Å²) in [6, 6.07) is 15.1. The molecular weight excluding hydrogens is 482 g/mol. The summed E-state index contributed by atoms with van der Waals surface area (Å²) < 4.78 is 1.72. The highest BCUT2D eigenvalue weighted by atomic mass is 16.3. The van der Waals surface area contributed by atoms with Crippen LogP contribution in [-0.4, -0.2) is 50.2 Å². The van der Waals surface area contributed by atoms with Crippen LogP contribution in [0.25, 0.3) is 0 Å². The van der Waals surface area contributed by atoms with Crippen molar-refractivity contribution in [3.8, 4) is 0 Å². The first-order valence-electron chi connectivity index (χ1n) is 13.1. The van der Waals surface area contributed by atoms with E-state index in [2.05, 4.69) is 10.3 Å². The van der Waals surface area contributed by atoms with Gasteiger partial charge in [-0.2, -0.15) is 0 Å². The third-order valence-corrected chi connectivity index (χ3v) is 7.38. The Morgan fingerprint density at radius 1 is 1.16 bits per heavy atom. The van der Waals surface area contributed by atoms with Crippen LogP contribution in [-0.2, 0) is 34.7 Å². The number of amides is 2. The number of hydrogen-bond acceptors (Lipinski definition) is 6. The molecule has 2 aromatic carbocycles. The van der Waals surface area contributed by atoms with E-state index in [1.165, 1.54) is 0 Å². The minimum Gasteiger partial charge on any atom is -0.396 e. The lowest BCUT2D eigenvalue weighted by molar-refractivity contribution is -0.139. The number of allylic oxidation sites excluding steroid dienone is 1. The van der Waals surface area contributed by atoms with E-state index in [-0.39, 0.29) is 18.4 Å². The van der Waals surface area contributed by atoms with Gasteiger partial charge in [0.2, 0.25) is 5.91 Å². The van der Waals surface area contributed by atoms with E-state index in [1.54, 1.807) is 14.5 Å². The van der Waals surface area contributed by atoms with Gasteiger partial charge in [0.1, 0.15) is 0 Å². The van der Waals surface area contributed by atoms with Gasteiger partial charge in [0.05, 0.1) is 17.9 Å². The molecule has 2 aliphatic heterocycles. The molecule has 3 aromatic rings. The van der Waals surface area contributed by atoms with Gasteiger partial charge >= 0.3 is 0 Å². The Labute approximate surface area is 222 Å². The van der Waals surface area contributed by atoms with Crippen LogP contribution < -0.4 is 9.80 Å². The highest BCUT2D eigenvalue weighted by molar-refractivity contribution is 6.07. The van der Waals surface area contributed by atoms with Crippen LogP contribution >= 0.6 is 0 Å². The van der Waals surface area contributed by atoms with Crippen LogP contribution in [0.3, 0.4) is 0 Å². The molecule has 38 heavy (non-hydrogen) atoms. The summed E-state index contributed by atoms with van der Waals surface area (Å²) in [5.74, 6) is -0.701. The summed E-state index contributed by atoms with van der Waals surface area (Å²) >= 11 is 0. The summed E-state index contributed by atoms with van der Waals surface area (Å²) in [7, 11) is 0. The lowest BCUT2D eigenvalue weighted by atomic mass is 9.83. The molecule has 1 fully saturated rings. The number of aliphatic hydroxyl groups excluding tert-OH is 1. The van der Waals surface area contributed by atoms with Crippen LogP contribution in [0.1, 0.15) is 43.0 Å². The van der Waals surface area contributed by atoms with Gasteiger partial charge < -0.3 is 20.0 Å². The molecule has 2 aliphatic rings. The second kappa shape index (κ2) is 10.9.